The number of hydrogen-bond donors (Lipinski definition) is 1. The molecule has 0 aromatic heterocycles. The minimum absolute atomic E-state index is 0.730. The molecular formula is C13H28N2O2S. The van der Waals surface area contributed by atoms with Crippen molar-refractivity contribution in [1.82, 2.24) is 9.62 Å². The van der Waals surface area contributed by atoms with Crippen LogP contribution in [0.3, 0.4) is 0 Å². The summed E-state index contributed by atoms with van der Waals surface area (Å²) in [6.07, 6.45) is 5.96. The molecular weight excluding hydrogens is 248 g/mol. The van der Waals surface area contributed by atoms with E-state index >= 15 is 0 Å². The van der Waals surface area contributed by atoms with Crippen molar-refractivity contribution >= 4 is 10.0 Å². The largest absolute Gasteiger partial charge is 0.317 e. The topological polar surface area (TPSA) is 49.4 Å². The molecule has 2 fully saturated rings. The van der Waals surface area contributed by atoms with Gasteiger partial charge in [-0.05, 0) is 50.6 Å². The van der Waals surface area contributed by atoms with Gasteiger partial charge in [0.2, 0.25) is 10.0 Å². The van der Waals surface area contributed by atoms with Crippen LogP contribution in [0, 0.1) is 11.8 Å². The average Bonchev–Trinajstić information content (AvgIpc) is 2.41. The lowest BCUT2D eigenvalue weighted by atomic mass is 9.79. The predicted octanol–water partition coefficient (Wildman–Crippen LogP) is 1.68. The van der Waals surface area contributed by atoms with Gasteiger partial charge in [0.1, 0.15) is 0 Å². The highest BCUT2D eigenvalue weighted by Crippen LogP contribution is 2.31. The van der Waals surface area contributed by atoms with Crippen LogP contribution in [-0.2, 0) is 10.0 Å². The van der Waals surface area contributed by atoms with Gasteiger partial charge in [-0.3, -0.25) is 0 Å². The molecule has 0 saturated carbocycles. The molecule has 0 amide bonds. The van der Waals surface area contributed by atoms with E-state index in [4.69, 9.17) is 0 Å². The highest BCUT2D eigenvalue weighted by atomic mass is 32.2. The van der Waals surface area contributed by atoms with Gasteiger partial charge in [0, 0.05) is 13.1 Å². The van der Waals surface area contributed by atoms with E-state index in [2.05, 4.69) is 5.32 Å². The molecule has 18 heavy (non-hydrogen) atoms. The normalized spacial score (nSPS) is 24.4. The maximum atomic E-state index is 11.4. The van der Waals surface area contributed by atoms with Crippen molar-refractivity contribution in [3.63, 3.8) is 0 Å². The Bertz CT molecular complexity index is 316. The molecule has 2 saturated heterocycles. The number of rotatable bonds is 2. The second kappa shape index (κ2) is 7.46. The monoisotopic (exact) mass is 276 g/mol. The standard InChI is InChI=1S/C11H22N2O2S.C2H6/c1-16(14,15)13-8-4-11(5-9-13)10-2-6-12-7-3-10;1-2/h10-12H,2-9H2,1H3;1-2H3. The third-order valence-corrected chi connectivity index (χ3v) is 5.32. The summed E-state index contributed by atoms with van der Waals surface area (Å²) < 4.78 is 24.4. The summed E-state index contributed by atoms with van der Waals surface area (Å²) in [4.78, 5) is 0. The van der Waals surface area contributed by atoms with E-state index in [-0.39, 0.29) is 0 Å². The Kier molecular flexibility index (Phi) is 6.60. The molecule has 2 rings (SSSR count). The van der Waals surface area contributed by atoms with Crippen molar-refractivity contribution < 1.29 is 8.42 Å². The van der Waals surface area contributed by atoms with Crippen LogP contribution in [0.1, 0.15) is 39.5 Å². The van der Waals surface area contributed by atoms with Crippen LogP contribution < -0.4 is 5.32 Å². The molecule has 0 bridgehead atoms. The first kappa shape index (κ1) is 15.9. The number of nitrogens with zero attached hydrogens (tertiary/aromatic N) is 1. The number of hydrogen-bond acceptors (Lipinski definition) is 3. The SMILES string of the molecule is CC.CS(=O)(=O)N1CCC(C2CCNCC2)CC1. The molecule has 1 N–H and O–H groups in total. The lowest BCUT2D eigenvalue weighted by Crippen LogP contribution is -2.41. The Labute approximate surface area is 112 Å². The van der Waals surface area contributed by atoms with Crippen LogP contribution in [0.4, 0.5) is 0 Å². The Hall–Kier alpha value is -0.130. The molecule has 0 aromatic rings. The molecule has 0 radical (unpaired) electrons. The van der Waals surface area contributed by atoms with E-state index in [1.807, 2.05) is 13.8 Å². The zero-order valence-corrected chi connectivity index (χ0v) is 12.8. The summed E-state index contributed by atoms with van der Waals surface area (Å²) in [7, 11) is -2.96. The van der Waals surface area contributed by atoms with E-state index in [9.17, 15) is 8.42 Å². The average molecular weight is 276 g/mol. The van der Waals surface area contributed by atoms with Gasteiger partial charge in [-0.2, -0.15) is 0 Å². The number of sulfonamides is 1. The smallest absolute Gasteiger partial charge is 0.211 e. The van der Waals surface area contributed by atoms with Gasteiger partial charge in [0.05, 0.1) is 6.26 Å². The van der Waals surface area contributed by atoms with Crippen molar-refractivity contribution in [3.05, 3.63) is 0 Å². The molecule has 2 aliphatic rings. The van der Waals surface area contributed by atoms with Crippen LogP contribution in [0.25, 0.3) is 0 Å². The van der Waals surface area contributed by atoms with Gasteiger partial charge in [0.25, 0.3) is 0 Å². The summed E-state index contributed by atoms with van der Waals surface area (Å²) in [6.45, 7) is 7.73. The molecule has 0 aliphatic carbocycles. The first-order valence-corrected chi connectivity index (χ1v) is 9.08. The van der Waals surface area contributed by atoms with Gasteiger partial charge < -0.3 is 5.32 Å². The Morgan fingerprint density at radius 1 is 0.944 bits per heavy atom. The zero-order valence-electron chi connectivity index (χ0n) is 12.0. The van der Waals surface area contributed by atoms with E-state index in [0.717, 1.165) is 50.9 Å². The Balaban J connectivity index is 0.000000771. The van der Waals surface area contributed by atoms with E-state index in [1.54, 1.807) is 4.31 Å². The van der Waals surface area contributed by atoms with Crippen molar-refractivity contribution in [2.75, 3.05) is 32.4 Å². The molecule has 0 atom stereocenters. The first-order valence-electron chi connectivity index (χ1n) is 7.23. The van der Waals surface area contributed by atoms with Gasteiger partial charge >= 0.3 is 0 Å². The fourth-order valence-corrected chi connectivity index (χ4v) is 3.87. The van der Waals surface area contributed by atoms with Crippen LogP contribution >= 0.6 is 0 Å². The zero-order chi connectivity index (χ0) is 13.6. The predicted molar refractivity (Wildman–Crippen MR) is 76.1 cm³/mol. The Morgan fingerprint density at radius 2 is 1.39 bits per heavy atom. The molecule has 108 valence electrons. The summed E-state index contributed by atoms with van der Waals surface area (Å²) >= 11 is 0. The maximum Gasteiger partial charge on any atom is 0.211 e. The molecule has 0 spiro atoms. The summed E-state index contributed by atoms with van der Waals surface area (Å²) in [6, 6.07) is 0. The van der Waals surface area contributed by atoms with Crippen molar-refractivity contribution in [1.29, 1.82) is 0 Å². The number of nitrogens with one attached hydrogen (secondary N) is 1. The first-order chi connectivity index (χ1) is 8.57. The van der Waals surface area contributed by atoms with Crippen LogP contribution in [0.2, 0.25) is 0 Å². The maximum absolute atomic E-state index is 11.4. The summed E-state index contributed by atoms with van der Waals surface area (Å²) in [5.74, 6) is 1.57. The molecule has 4 nitrogen and oxygen atoms in total. The van der Waals surface area contributed by atoms with Crippen LogP contribution in [0.5, 0.6) is 0 Å². The van der Waals surface area contributed by atoms with E-state index < -0.39 is 10.0 Å². The highest BCUT2D eigenvalue weighted by Gasteiger charge is 2.30. The summed E-state index contributed by atoms with van der Waals surface area (Å²) in [5, 5.41) is 3.38. The van der Waals surface area contributed by atoms with Crippen molar-refractivity contribution in [2.24, 2.45) is 11.8 Å². The lowest BCUT2D eigenvalue weighted by Gasteiger charge is -2.36. The molecule has 2 heterocycles. The second-order valence-electron chi connectivity index (χ2n) is 5.09. The lowest BCUT2D eigenvalue weighted by molar-refractivity contribution is 0.177. The Morgan fingerprint density at radius 3 is 1.83 bits per heavy atom. The molecule has 0 aromatic carbocycles. The second-order valence-corrected chi connectivity index (χ2v) is 7.07. The van der Waals surface area contributed by atoms with Crippen LogP contribution in [0.15, 0.2) is 0 Å². The van der Waals surface area contributed by atoms with Gasteiger partial charge in [-0.1, -0.05) is 13.8 Å². The minimum Gasteiger partial charge on any atom is -0.317 e. The van der Waals surface area contributed by atoms with Gasteiger partial charge in [0.15, 0.2) is 0 Å². The van der Waals surface area contributed by atoms with Gasteiger partial charge in [-0.25, -0.2) is 12.7 Å². The van der Waals surface area contributed by atoms with Gasteiger partial charge in [-0.15, -0.1) is 0 Å². The minimum atomic E-state index is -2.96. The van der Waals surface area contributed by atoms with E-state index in [0.29, 0.717) is 0 Å². The quantitative estimate of drug-likeness (QED) is 0.835. The third-order valence-electron chi connectivity index (χ3n) is 4.02. The van der Waals surface area contributed by atoms with Crippen LogP contribution in [-0.4, -0.2) is 45.2 Å². The highest BCUT2D eigenvalue weighted by molar-refractivity contribution is 7.88. The van der Waals surface area contributed by atoms with E-state index in [1.165, 1.54) is 19.1 Å². The third kappa shape index (κ3) is 4.52. The van der Waals surface area contributed by atoms with Crippen molar-refractivity contribution in [2.45, 2.75) is 39.5 Å². The summed E-state index contributed by atoms with van der Waals surface area (Å²) in [5.41, 5.74) is 0. The fourth-order valence-electron chi connectivity index (χ4n) is 2.99. The molecule has 2 aliphatic heterocycles. The fraction of sp³-hybridized carbons (Fsp3) is 1.00. The van der Waals surface area contributed by atoms with Crippen molar-refractivity contribution in [3.8, 4) is 0 Å². The number of piperidine rings is 2. The molecule has 5 heteroatoms. The molecule has 0 unspecified atom stereocenters.